The minimum atomic E-state index is -0.325. The monoisotopic (exact) mass is 383 g/mol. The van der Waals surface area contributed by atoms with Crippen molar-refractivity contribution in [3.63, 3.8) is 0 Å². The number of benzene rings is 1. The summed E-state index contributed by atoms with van der Waals surface area (Å²) < 4.78 is 10.6. The molecule has 0 unspecified atom stereocenters. The molecule has 148 valence electrons. The van der Waals surface area contributed by atoms with Gasteiger partial charge in [0.1, 0.15) is 5.75 Å². The van der Waals surface area contributed by atoms with Crippen LogP contribution in [0.1, 0.15) is 26.7 Å². The number of hydrogen-bond donors (Lipinski definition) is 0. The summed E-state index contributed by atoms with van der Waals surface area (Å²) in [5.74, 6) is 1.46. The number of fused-ring (bicyclic) bond motifs is 3. The third-order valence-electron chi connectivity index (χ3n) is 5.07. The fourth-order valence-corrected chi connectivity index (χ4v) is 3.74. The molecule has 3 aromatic rings. The molecule has 0 radical (unpaired) electrons. The van der Waals surface area contributed by atoms with Gasteiger partial charge in [-0.1, -0.05) is 26.0 Å². The predicted molar refractivity (Wildman–Crippen MR) is 109 cm³/mol. The highest BCUT2D eigenvalue weighted by molar-refractivity contribution is 5.79. The first-order valence-electron chi connectivity index (χ1n) is 9.77. The van der Waals surface area contributed by atoms with Crippen LogP contribution in [-0.4, -0.2) is 31.8 Å². The fourth-order valence-electron chi connectivity index (χ4n) is 3.74. The van der Waals surface area contributed by atoms with Gasteiger partial charge in [0.05, 0.1) is 12.3 Å². The molecular formula is C20H25N5O3. The van der Waals surface area contributed by atoms with Crippen molar-refractivity contribution >= 4 is 22.8 Å². The zero-order valence-electron chi connectivity index (χ0n) is 16.5. The van der Waals surface area contributed by atoms with Crippen molar-refractivity contribution in [2.75, 3.05) is 18.1 Å². The Labute approximate surface area is 162 Å². The van der Waals surface area contributed by atoms with Crippen LogP contribution in [-0.2, 0) is 20.1 Å². The Kier molecular flexibility index (Phi) is 4.70. The van der Waals surface area contributed by atoms with E-state index in [1.54, 1.807) is 7.05 Å². The molecule has 1 aliphatic heterocycles. The molecule has 0 fully saturated rings. The van der Waals surface area contributed by atoms with Crippen molar-refractivity contribution in [3.8, 4) is 5.75 Å². The topological polar surface area (TPSA) is 74.3 Å². The lowest BCUT2D eigenvalue weighted by Crippen LogP contribution is -2.39. The summed E-state index contributed by atoms with van der Waals surface area (Å²) in [7, 11) is 1.67. The Hall–Kier alpha value is -3.03. The standard InChI is InChI=1S/C20H25N5O3/c1-4-10-25-18(26)16-17(22(3)20(25)27)21-19-23(11-12-24(16)19)14-8-6-7-9-15(14)28-13-5-2/h6-9H,4-5,10-13H2,1-3H3. The summed E-state index contributed by atoms with van der Waals surface area (Å²) in [6.45, 7) is 6.39. The first-order valence-corrected chi connectivity index (χ1v) is 9.77. The van der Waals surface area contributed by atoms with Gasteiger partial charge in [-0.3, -0.25) is 13.9 Å². The Balaban J connectivity index is 1.89. The zero-order chi connectivity index (χ0) is 19.8. The van der Waals surface area contributed by atoms with Gasteiger partial charge in [-0.05, 0) is 25.0 Å². The molecule has 1 aliphatic rings. The normalized spacial score (nSPS) is 13.3. The maximum Gasteiger partial charge on any atom is 0.332 e. The minimum Gasteiger partial charge on any atom is -0.491 e. The van der Waals surface area contributed by atoms with E-state index >= 15 is 0 Å². The molecule has 0 aliphatic carbocycles. The Morgan fingerprint density at radius 2 is 1.89 bits per heavy atom. The third-order valence-corrected chi connectivity index (χ3v) is 5.07. The van der Waals surface area contributed by atoms with Crippen LogP contribution in [0.15, 0.2) is 33.9 Å². The van der Waals surface area contributed by atoms with Crippen LogP contribution in [0.25, 0.3) is 11.2 Å². The van der Waals surface area contributed by atoms with Gasteiger partial charge in [0, 0.05) is 26.7 Å². The van der Waals surface area contributed by atoms with E-state index in [0.29, 0.717) is 43.4 Å². The summed E-state index contributed by atoms with van der Waals surface area (Å²) in [6, 6.07) is 7.85. The number of hydrogen-bond acceptors (Lipinski definition) is 5. The fraction of sp³-hybridized carbons (Fsp3) is 0.450. The van der Waals surface area contributed by atoms with Gasteiger partial charge in [-0.2, -0.15) is 4.98 Å². The molecule has 0 N–H and O–H groups in total. The van der Waals surface area contributed by atoms with Gasteiger partial charge < -0.3 is 14.2 Å². The SMILES string of the molecule is CCCOc1ccccc1N1CCn2c1nc1c2c(=O)n(CCC)c(=O)n1C. The smallest absolute Gasteiger partial charge is 0.332 e. The van der Waals surface area contributed by atoms with Crippen molar-refractivity contribution in [1.82, 2.24) is 18.7 Å². The molecule has 28 heavy (non-hydrogen) atoms. The summed E-state index contributed by atoms with van der Waals surface area (Å²) in [4.78, 5) is 32.3. The highest BCUT2D eigenvalue weighted by Crippen LogP contribution is 2.37. The van der Waals surface area contributed by atoms with Crippen LogP contribution >= 0.6 is 0 Å². The Morgan fingerprint density at radius 1 is 1.11 bits per heavy atom. The second kappa shape index (κ2) is 7.18. The molecule has 0 spiro atoms. The summed E-state index contributed by atoms with van der Waals surface area (Å²) in [5, 5.41) is 0. The largest absolute Gasteiger partial charge is 0.491 e. The number of ether oxygens (including phenoxy) is 1. The first-order chi connectivity index (χ1) is 13.6. The van der Waals surface area contributed by atoms with Crippen molar-refractivity contribution in [2.45, 2.75) is 39.8 Å². The second-order valence-corrected chi connectivity index (χ2v) is 7.00. The van der Waals surface area contributed by atoms with Crippen LogP contribution in [0, 0.1) is 0 Å². The van der Waals surface area contributed by atoms with Gasteiger partial charge in [0.2, 0.25) is 5.95 Å². The number of nitrogens with zero attached hydrogens (tertiary/aromatic N) is 5. The Bertz CT molecular complexity index is 1140. The highest BCUT2D eigenvalue weighted by Gasteiger charge is 2.30. The molecule has 0 saturated carbocycles. The lowest BCUT2D eigenvalue weighted by molar-refractivity contribution is 0.318. The molecule has 3 heterocycles. The number of anilines is 2. The van der Waals surface area contributed by atoms with E-state index in [-0.39, 0.29) is 11.2 Å². The molecule has 2 aromatic heterocycles. The van der Waals surface area contributed by atoms with Crippen LogP contribution in [0.4, 0.5) is 11.6 Å². The van der Waals surface area contributed by atoms with E-state index in [2.05, 4.69) is 16.8 Å². The van der Waals surface area contributed by atoms with Crippen molar-refractivity contribution < 1.29 is 4.74 Å². The van der Waals surface area contributed by atoms with Crippen LogP contribution in [0.5, 0.6) is 5.75 Å². The van der Waals surface area contributed by atoms with E-state index in [1.165, 1.54) is 9.13 Å². The number of aromatic nitrogens is 4. The minimum absolute atomic E-state index is 0.268. The van der Waals surface area contributed by atoms with Gasteiger partial charge in [-0.25, -0.2) is 4.79 Å². The van der Waals surface area contributed by atoms with E-state index in [9.17, 15) is 9.59 Å². The second-order valence-electron chi connectivity index (χ2n) is 7.00. The van der Waals surface area contributed by atoms with Gasteiger partial charge in [-0.15, -0.1) is 0 Å². The lowest BCUT2D eigenvalue weighted by Gasteiger charge is -2.19. The van der Waals surface area contributed by atoms with E-state index in [0.717, 1.165) is 24.3 Å². The molecule has 0 atom stereocenters. The quantitative estimate of drug-likeness (QED) is 0.653. The van der Waals surface area contributed by atoms with E-state index in [1.807, 2.05) is 35.8 Å². The third kappa shape index (κ3) is 2.71. The van der Waals surface area contributed by atoms with Gasteiger partial charge in [0.15, 0.2) is 11.2 Å². The molecule has 1 aromatic carbocycles. The molecule has 0 amide bonds. The molecule has 8 nitrogen and oxygen atoms in total. The number of aryl methyl sites for hydroxylation is 1. The van der Waals surface area contributed by atoms with Crippen molar-refractivity contribution in [2.24, 2.45) is 7.05 Å². The summed E-state index contributed by atoms with van der Waals surface area (Å²) in [5.41, 5.74) is 1.24. The molecule has 8 heteroatoms. The van der Waals surface area contributed by atoms with Crippen molar-refractivity contribution in [3.05, 3.63) is 45.1 Å². The molecule has 4 rings (SSSR count). The summed E-state index contributed by atoms with van der Waals surface area (Å²) >= 11 is 0. The van der Waals surface area contributed by atoms with Gasteiger partial charge in [0.25, 0.3) is 5.56 Å². The maximum absolute atomic E-state index is 13.0. The number of rotatable bonds is 6. The van der Waals surface area contributed by atoms with Crippen LogP contribution < -0.4 is 20.9 Å². The average Bonchev–Trinajstić information content (AvgIpc) is 3.27. The highest BCUT2D eigenvalue weighted by atomic mass is 16.5. The summed E-state index contributed by atoms with van der Waals surface area (Å²) in [6.07, 6.45) is 1.64. The van der Waals surface area contributed by atoms with E-state index in [4.69, 9.17) is 4.74 Å². The number of para-hydroxylation sites is 2. The zero-order valence-corrected chi connectivity index (χ0v) is 16.5. The van der Waals surface area contributed by atoms with Crippen LogP contribution in [0.3, 0.4) is 0 Å². The van der Waals surface area contributed by atoms with Gasteiger partial charge >= 0.3 is 5.69 Å². The Morgan fingerprint density at radius 3 is 2.64 bits per heavy atom. The first kappa shape index (κ1) is 18.3. The molecular weight excluding hydrogens is 358 g/mol. The molecule has 0 bridgehead atoms. The predicted octanol–water partition coefficient (Wildman–Crippen LogP) is 2.25. The lowest BCUT2D eigenvalue weighted by atomic mass is 10.2. The van der Waals surface area contributed by atoms with Crippen LogP contribution in [0.2, 0.25) is 0 Å². The number of imidazole rings is 1. The maximum atomic E-state index is 13.0. The van der Waals surface area contributed by atoms with Crippen molar-refractivity contribution in [1.29, 1.82) is 0 Å². The van der Waals surface area contributed by atoms with E-state index < -0.39 is 0 Å². The molecule has 0 saturated heterocycles. The average molecular weight is 383 g/mol.